The minimum absolute atomic E-state index is 0.0884. The molecule has 0 aromatic heterocycles. The number of amides is 2. The smallest absolute Gasteiger partial charge is 0.264 e. The molecule has 8 heteroatoms. The molecule has 0 bridgehead atoms. The van der Waals surface area contributed by atoms with Gasteiger partial charge in [0.25, 0.3) is 10.0 Å². The Labute approximate surface area is 268 Å². The summed E-state index contributed by atoms with van der Waals surface area (Å²) in [5, 5.41) is 2.99. The van der Waals surface area contributed by atoms with Crippen LogP contribution in [-0.4, -0.2) is 43.8 Å². The SMILES string of the molecule is Cc1ccc(S(=O)(=O)N(CC(=O)N(Cc2cccc(C)c2)C(Cc2ccccc2)C(=O)NC(C)C)c2cc(C)ccc2C)cc1. The largest absolute Gasteiger partial charge is 0.352 e. The average molecular weight is 626 g/mol. The van der Waals surface area contributed by atoms with Crippen LogP contribution >= 0.6 is 0 Å². The van der Waals surface area contributed by atoms with E-state index in [-0.39, 0.29) is 29.8 Å². The number of carbonyl (C=O) groups excluding carboxylic acids is 2. The van der Waals surface area contributed by atoms with Crippen LogP contribution in [-0.2, 0) is 32.6 Å². The Morgan fingerprint density at radius 1 is 0.733 bits per heavy atom. The number of rotatable bonds is 12. The minimum Gasteiger partial charge on any atom is -0.352 e. The van der Waals surface area contributed by atoms with Crippen molar-refractivity contribution in [1.29, 1.82) is 0 Å². The Morgan fingerprint density at radius 3 is 2.00 bits per heavy atom. The lowest BCUT2D eigenvalue weighted by Gasteiger charge is -2.34. The van der Waals surface area contributed by atoms with Crippen molar-refractivity contribution in [3.8, 4) is 0 Å². The first-order valence-electron chi connectivity index (χ1n) is 15.2. The van der Waals surface area contributed by atoms with Gasteiger partial charge in [-0.05, 0) is 82.0 Å². The van der Waals surface area contributed by atoms with E-state index < -0.39 is 28.5 Å². The van der Waals surface area contributed by atoms with Gasteiger partial charge in [0, 0.05) is 19.0 Å². The second-order valence-corrected chi connectivity index (χ2v) is 13.9. The number of carbonyl (C=O) groups is 2. The van der Waals surface area contributed by atoms with E-state index in [0.29, 0.717) is 11.3 Å². The van der Waals surface area contributed by atoms with Crippen LogP contribution in [0.5, 0.6) is 0 Å². The van der Waals surface area contributed by atoms with Crippen molar-refractivity contribution in [1.82, 2.24) is 10.2 Å². The standard InChI is InChI=1S/C37H43N3O4S/c1-26(2)38-37(42)35(23-31-12-8-7-9-13-31)39(24-32-14-10-11-28(4)21-32)36(41)25-40(34-22-29(5)15-18-30(34)6)45(43,44)33-19-16-27(3)17-20-33/h7-22,26,35H,23-25H2,1-6H3,(H,38,42). The molecule has 1 unspecified atom stereocenters. The molecule has 0 aliphatic carbocycles. The van der Waals surface area contributed by atoms with E-state index in [0.717, 1.165) is 27.8 Å². The molecule has 0 saturated carbocycles. The van der Waals surface area contributed by atoms with Crippen molar-refractivity contribution in [2.45, 2.75) is 71.5 Å². The summed E-state index contributed by atoms with van der Waals surface area (Å²) in [5.74, 6) is -0.775. The van der Waals surface area contributed by atoms with Crippen LogP contribution in [0.2, 0.25) is 0 Å². The molecule has 45 heavy (non-hydrogen) atoms. The Hall–Kier alpha value is -4.43. The quantitative estimate of drug-likeness (QED) is 0.201. The lowest BCUT2D eigenvalue weighted by atomic mass is 10.0. The maximum absolute atomic E-state index is 14.6. The molecule has 0 spiro atoms. The molecule has 0 aliphatic rings. The van der Waals surface area contributed by atoms with Crippen molar-refractivity contribution in [3.63, 3.8) is 0 Å². The zero-order valence-electron chi connectivity index (χ0n) is 26.9. The molecule has 0 saturated heterocycles. The molecule has 4 aromatic rings. The molecule has 4 rings (SSSR count). The second kappa shape index (κ2) is 14.6. The van der Waals surface area contributed by atoms with Crippen molar-refractivity contribution >= 4 is 27.5 Å². The van der Waals surface area contributed by atoms with E-state index in [4.69, 9.17) is 0 Å². The molecule has 0 heterocycles. The molecule has 7 nitrogen and oxygen atoms in total. The highest BCUT2D eigenvalue weighted by Crippen LogP contribution is 2.29. The number of anilines is 1. The third-order valence-electron chi connectivity index (χ3n) is 7.66. The molecule has 236 valence electrons. The van der Waals surface area contributed by atoms with Crippen molar-refractivity contribution < 1.29 is 18.0 Å². The normalized spacial score (nSPS) is 12.1. The van der Waals surface area contributed by atoms with E-state index in [1.54, 1.807) is 30.3 Å². The Morgan fingerprint density at radius 2 is 1.36 bits per heavy atom. The van der Waals surface area contributed by atoms with Gasteiger partial charge < -0.3 is 10.2 Å². The number of aryl methyl sites for hydroxylation is 4. The summed E-state index contributed by atoms with van der Waals surface area (Å²) in [4.78, 5) is 30.1. The number of hydrogen-bond donors (Lipinski definition) is 1. The number of nitrogens with zero attached hydrogens (tertiary/aromatic N) is 2. The Bertz CT molecular complexity index is 1740. The van der Waals surface area contributed by atoms with E-state index in [1.807, 2.05) is 108 Å². The zero-order valence-corrected chi connectivity index (χ0v) is 27.8. The van der Waals surface area contributed by atoms with Crippen LogP contribution in [0.25, 0.3) is 0 Å². The van der Waals surface area contributed by atoms with Crippen molar-refractivity contribution in [2.75, 3.05) is 10.8 Å². The summed E-state index contributed by atoms with van der Waals surface area (Å²) in [7, 11) is -4.16. The Kier molecular flexibility index (Phi) is 10.8. The summed E-state index contributed by atoms with van der Waals surface area (Å²) >= 11 is 0. The summed E-state index contributed by atoms with van der Waals surface area (Å²) in [6.45, 7) is 11.0. The number of benzene rings is 4. The molecule has 1 atom stereocenters. The lowest BCUT2D eigenvalue weighted by Crippen LogP contribution is -2.54. The highest BCUT2D eigenvalue weighted by atomic mass is 32.2. The van der Waals surface area contributed by atoms with Gasteiger partial charge in [0.15, 0.2) is 0 Å². The predicted molar refractivity (Wildman–Crippen MR) is 181 cm³/mol. The third kappa shape index (κ3) is 8.60. The van der Waals surface area contributed by atoms with E-state index in [9.17, 15) is 18.0 Å². The minimum atomic E-state index is -4.16. The molecular formula is C37H43N3O4S. The molecular weight excluding hydrogens is 582 g/mol. The number of sulfonamides is 1. The van der Waals surface area contributed by atoms with Crippen LogP contribution in [0.3, 0.4) is 0 Å². The molecule has 0 fully saturated rings. The van der Waals surface area contributed by atoms with E-state index in [1.165, 1.54) is 9.21 Å². The number of nitrogens with one attached hydrogen (secondary N) is 1. The van der Waals surface area contributed by atoms with Crippen LogP contribution in [0.4, 0.5) is 5.69 Å². The third-order valence-corrected chi connectivity index (χ3v) is 9.43. The summed E-state index contributed by atoms with van der Waals surface area (Å²) in [5.41, 5.74) is 5.68. The van der Waals surface area contributed by atoms with Crippen LogP contribution < -0.4 is 9.62 Å². The molecule has 0 aliphatic heterocycles. The summed E-state index contributed by atoms with van der Waals surface area (Å²) in [6.07, 6.45) is 0.269. The first-order chi connectivity index (χ1) is 21.3. The highest BCUT2D eigenvalue weighted by Gasteiger charge is 2.35. The Balaban J connectivity index is 1.84. The number of hydrogen-bond acceptors (Lipinski definition) is 4. The maximum Gasteiger partial charge on any atom is 0.264 e. The second-order valence-electron chi connectivity index (χ2n) is 12.0. The first kappa shape index (κ1) is 33.5. The molecule has 4 aromatic carbocycles. The maximum atomic E-state index is 14.6. The molecule has 1 N–H and O–H groups in total. The fraction of sp³-hybridized carbons (Fsp3) is 0.297. The van der Waals surface area contributed by atoms with Gasteiger partial charge in [0.2, 0.25) is 11.8 Å². The van der Waals surface area contributed by atoms with Gasteiger partial charge in [-0.3, -0.25) is 13.9 Å². The van der Waals surface area contributed by atoms with Gasteiger partial charge in [-0.25, -0.2) is 8.42 Å². The predicted octanol–water partition coefficient (Wildman–Crippen LogP) is 6.28. The fourth-order valence-electron chi connectivity index (χ4n) is 5.28. The lowest BCUT2D eigenvalue weighted by molar-refractivity contribution is -0.140. The average Bonchev–Trinajstić information content (AvgIpc) is 2.99. The van der Waals surface area contributed by atoms with E-state index in [2.05, 4.69) is 5.32 Å². The van der Waals surface area contributed by atoms with Gasteiger partial charge in [-0.1, -0.05) is 90.0 Å². The topological polar surface area (TPSA) is 86.8 Å². The van der Waals surface area contributed by atoms with Crippen LogP contribution in [0.15, 0.2) is 102 Å². The van der Waals surface area contributed by atoms with Gasteiger partial charge in [0.05, 0.1) is 10.6 Å². The first-order valence-corrected chi connectivity index (χ1v) is 16.6. The van der Waals surface area contributed by atoms with Gasteiger partial charge in [-0.2, -0.15) is 0 Å². The van der Waals surface area contributed by atoms with Crippen molar-refractivity contribution in [2.24, 2.45) is 0 Å². The highest BCUT2D eigenvalue weighted by molar-refractivity contribution is 7.92. The van der Waals surface area contributed by atoms with Crippen LogP contribution in [0.1, 0.15) is 47.2 Å². The van der Waals surface area contributed by atoms with Gasteiger partial charge in [-0.15, -0.1) is 0 Å². The fourth-order valence-corrected chi connectivity index (χ4v) is 6.75. The van der Waals surface area contributed by atoms with E-state index >= 15 is 0 Å². The zero-order chi connectivity index (χ0) is 32.7. The van der Waals surface area contributed by atoms with Gasteiger partial charge >= 0.3 is 0 Å². The summed E-state index contributed by atoms with van der Waals surface area (Å²) in [6, 6.07) is 28.4. The van der Waals surface area contributed by atoms with Gasteiger partial charge in [0.1, 0.15) is 12.6 Å². The molecule has 2 amide bonds. The van der Waals surface area contributed by atoms with Crippen molar-refractivity contribution in [3.05, 3.63) is 130 Å². The summed E-state index contributed by atoms with van der Waals surface area (Å²) < 4.78 is 29.8. The van der Waals surface area contributed by atoms with Crippen LogP contribution in [0, 0.1) is 27.7 Å². The monoisotopic (exact) mass is 625 g/mol. The molecule has 0 radical (unpaired) electrons.